The number of nitrogens with one attached hydrogen (secondary N) is 1. The molecule has 4 aromatic rings. The summed E-state index contributed by atoms with van der Waals surface area (Å²) in [4.78, 5) is 22.1. The molecule has 1 saturated carbocycles. The van der Waals surface area contributed by atoms with E-state index in [9.17, 15) is 4.79 Å². The van der Waals surface area contributed by atoms with E-state index >= 15 is 0 Å². The van der Waals surface area contributed by atoms with Crippen LogP contribution >= 0.6 is 11.6 Å². The maximum atomic E-state index is 13.4. The van der Waals surface area contributed by atoms with Gasteiger partial charge in [0.05, 0.1) is 11.1 Å². The average Bonchev–Trinajstić information content (AvgIpc) is 3.24. The van der Waals surface area contributed by atoms with Crippen molar-refractivity contribution >= 4 is 28.4 Å². The fraction of sp³-hybridized carbons (Fsp3) is 0.269. The van der Waals surface area contributed by atoms with E-state index in [2.05, 4.69) is 27.4 Å². The van der Waals surface area contributed by atoms with Crippen LogP contribution in [0.3, 0.4) is 0 Å². The largest absolute Gasteiger partial charge is 0.351 e. The second-order valence-corrected chi connectivity index (χ2v) is 8.95. The van der Waals surface area contributed by atoms with E-state index in [1.54, 1.807) is 18.5 Å². The zero-order chi connectivity index (χ0) is 22.0. The molecule has 0 unspecified atom stereocenters. The third-order valence-electron chi connectivity index (χ3n) is 6.58. The van der Waals surface area contributed by atoms with Gasteiger partial charge < -0.3 is 5.32 Å². The number of carbonyl (C=O) groups is 1. The van der Waals surface area contributed by atoms with E-state index in [4.69, 9.17) is 11.6 Å². The minimum atomic E-state index is -0.0743. The Hall–Kier alpha value is -3.18. The van der Waals surface area contributed by atoms with Gasteiger partial charge in [0.25, 0.3) is 5.91 Å². The number of fused-ring (bicyclic) bond motifs is 1. The number of rotatable bonds is 5. The topological polar surface area (TPSA) is 59.8 Å². The number of hydrogen-bond donors (Lipinski definition) is 1. The number of carbonyl (C=O) groups excluding carboxylic acids is 1. The van der Waals surface area contributed by atoms with Crippen LogP contribution in [-0.4, -0.2) is 27.0 Å². The van der Waals surface area contributed by atoms with Gasteiger partial charge in [-0.15, -0.1) is 0 Å². The predicted octanol–water partition coefficient (Wildman–Crippen LogP) is 5.71. The molecule has 0 atom stereocenters. The molecule has 162 valence electrons. The number of aromatic nitrogens is 3. The maximum Gasteiger partial charge on any atom is 0.253 e. The van der Waals surface area contributed by atoms with Gasteiger partial charge in [-0.3, -0.25) is 9.36 Å². The molecule has 0 aliphatic heterocycles. The quantitative estimate of drug-likeness (QED) is 0.429. The normalized spacial score (nSPS) is 15.5. The average molecular weight is 445 g/mol. The monoisotopic (exact) mass is 444 g/mol. The van der Waals surface area contributed by atoms with Crippen LogP contribution in [0.25, 0.3) is 16.9 Å². The number of amides is 1. The van der Waals surface area contributed by atoms with E-state index in [1.165, 1.54) is 24.8 Å². The van der Waals surface area contributed by atoms with Gasteiger partial charge in [0.2, 0.25) is 5.95 Å². The standard InChI is InChI=1S/C26H25ClN4O/c27-20-11-9-19(10-12-20)26(13-4-1-5-14-26)18-30-24(32)22-17-31(25-28-15-6-16-29-25)23-8-3-2-7-21(22)23/h2-3,6-12,15-17H,1,4-5,13-14,18H2,(H,30,32). The lowest BCUT2D eigenvalue weighted by Gasteiger charge is -2.38. The zero-order valence-corrected chi connectivity index (χ0v) is 18.6. The Kier molecular flexibility index (Phi) is 5.66. The van der Waals surface area contributed by atoms with Gasteiger partial charge in [0.15, 0.2) is 0 Å². The Morgan fingerprint density at radius 3 is 2.44 bits per heavy atom. The molecule has 2 aromatic heterocycles. The molecular formula is C26H25ClN4O. The molecular weight excluding hydrogens is 420 g/mol. The van der Waals surface area contributed by atoms with Gasteiger partial charge in [-0.1, -0.05) is 61.2 Å². The number of benzene rings is 2. The number of hydrogen-bond acceptors (Lipinski definition) is 3. The van der Waals surface area contributed by atoms with E-state index in [0.717, 1.165) is 28.8 Å². The van der Waals surface area contributed by atoms with Gasteiger partial charge in [-0.2, -0.15) is 0 Å². The van der Waals surface area contributed by atoms with Crippen molar-refractivity contribution in [2.75, 3.05) is 6.54 Å². The van der Waals surface area contributed by atoms with Crippen molar-refractivity contribution in [1.82, 2.24) is 19.9 Å². The van der Waals surface area contributed by atoms with Crippen LogP contribution in [0.2, 0.25) is 5.02 Å². The van der Waals surface area contributed by atoms with Crippen LogP contribution in [0.15, 0.2) is 73.2 Å². The summed E-state index contributed by atoms with van der Waals surface area (Å²) < 4.78 is 1.87. The summed E-state index contributed by atoms with van der Waals surface area (Å²) >= 11 is 6.13. The number of halogens is 1. The third-order valence-corrected chi connectivity index (χ3v) is 6.83. The van der Waals surface area contributed by atoms with Crippen molar-refractivity contribution in [3.05, 3.63) is 89.3 Å². The van der Waals surface area contributed by atoms with Gasteiger partial charge in [-0.05, 0) is 42.7 Å². The first-order valence-corrected chi connectivity index (χ1v) is 11.5. The van der Waals surface area contributed by atoms with Crippen molar-refractivity contribution in [1.29, 1.82) is 0 Å². The molecule has 5 rings (SSSR count). The molecule has 32 heavy (non-hydrogen) atoms. The molecule has 2 heterocycles. The second-order valence-electron chi connectivity index (χ2n) is 8.51. The number of para-hydroxylation sites is 1. The van der Waals surface area contributed by atoms with Crippen molar-refractivity contribution in [3.8, 4) is 5.95 Å². The molecule has 0 bridgehead atoms. The van der Waals surface area contributed by atoms with Crippen molar-refractivity contribution in [3.63, 3.8) is 0 Å². The Labute approximate surface area is 192 Å². The highest BCUT2D eigenvalue weighted by atomic mass is 35.5. The molecule has 0 spiro atoms. The van der Waals surface area contributed by atoms with E-state index in [0.29, 0.717) is 18.1 Å². The lowest BCUT2D eigenvalue weighted by atomic mass is 9.69. The van der Waals surface area contributed by atoms with Gasteiger partial charge in [0.1, 0.15) is 0 Å². The highest BCUT2D eigenvalue weighted by Crippen LogP contribution is 2.39. The summed E-state index contributed by atoms with van der Waals surface area (Å²) in [6.07, 6.45) is 11.0. The van der Waals surface area contributed by atoms with Crippen LogP contribution in [-0.2, 0) is 5.41 Å². The van der Waals surface area contributed by atoms with E-state index in [1.807, 2.05) is 47.2 Å². The van der Waals surface area contributed by atoms with Crippen molar-refractivity contribution in [2.45, 2.75) is 37.5 Å². The highest BCUT2D eigenvalue weighted by Gasteiger charge is 2.34. The fourth-order valence-corrected chi connectivity index (χ4v) is 5.01. The lowest BCUT2D eigenvalue weighted by Crippen LogP contribution is -2.42. The SMILES string of the molecule is O=C(NCC1(c2ccc(Cl)cc2)CCCCC1)c1cn(-c2ncccn2)c2ccccc12. The van der Waals surface area contributed by atoms with Gasteiger partial charge >= 0.3 is 0 Å². The molecule has 6 heteroatoms. The summed E-state index contributed by atoms with van der Waals surface area (Å²) in [5, 5.41) is 4.88. The molecule has 0 saturated heterocycles. The summed E-state index contributed by atoms with van der Waals surface area (Å²) in [5.41, 5.74) is 2.74. The maximum absolute atomic E-state index is 13.4. The Morgan fingerprint density at radius 2 is 1.69 bits per heavy atom. The molecule has 1 aliphatic rings. The molecule has 1 amide bonds. The van der Waals surface area contributed by atoms with Crippen LogP contribution in [0.1, 0.15) is 48.0 Å². The first-order valence-electron chi connectivity index (χ1n) is 11.1. The summed E-state index contributed by atoms with van der Waals surface area (Å²) in [7, 11) is 0. The summed E-state index contributed by atoms with van der Waals surface area (Å²) in [5.74, 6) is 0.474. The minimum Gasteiger partial charge on any atom is -0.351 e. The number of nitrogens with zero attached hydrogens (tertiary/aromatic N) is 3. The van der Waals surface area contributed by atoms with Crippen molar-refractivity contribution in [2.24, 2.45) is 0 Å². The smallest absolute Gasteiger partial charge is 0.253 e. The molecule has 1 fully saturated rings. The second kappa shape index (κ2) is 8.75. The first kappa shape index (κ1) is 20.7. The van der Waals surface area contributed by atoms with Gasteiger partial charge in [-0.25, -0.2) is 9.97 Å². The van der Waals surface area contributed by atoms with Crippen LogP contribution in [0, 0.1) is 0 Å². The molecule has 1 N–H and O–H groups in total. The molecule has 5 nitrogen and oxygen atoms in total. The van der Waals surface area contributed by atoms with Crippen LogP contribution in [0.4, 0.5) is 0 Å². The van der Waals surface area contributed by atoms with Crippen molar-refractivity contribution < 1.29 is 4.79 Å². The predicted molar refractivity (Wildman–Crippen MR) is 127 cm³/mol. The van der Waals surface area contributed by atoms with Gasteiger partial charge in [0, 0.05) is 41.0 Å². The first-order chi connectivity index (χ1) is 15.7. The Bertz CT molecular complexity index is 1230. The molecule has 2 aromatic carbocycles. The van der Waals surface area contributed by atoms with E-state index < -0.39 is 0 Å². The van der Waals surface area contributed by atoms with E-state index in [-0.39, 0.29) is 11.3 Å². The zero-order valence-electron chi connectivity index (χ0n) is 17.8. The fourth-order valence-electron chi connectivity index (χ4n) is 4.89. The Balaban J connectivity index is 1.45. The van der Waals surface area contributed by atoms with Crippen LogP contribution in [0.5, 0.6) is 0 Å². The minimum absolute atomic E-state index is 0.0561. The Morgan fingerprint density at radius 1 is 0.969 bits per heavy atom. The summed E-state index contributed by atoms with van der Waals surface area (Å²) in [6, 6.07) is 17.8. The molecule has 0 radical (unpaired) electrons. The highest BCUT2D eigenvalue weighted by molar-refractivity contribution is 6.30. The summed E-state index contributed by atoms with van der Waals surface area (Å²) in [6.45, 7) is 0.606. The lowest BCUT2D eigenvalue weighted by molar-refractivity contribution is 0.0938. The molecule has 1 aliphatic carbocycles. The van der Waals surface area contributed by atoms with Crippen LogP contribution < -0.4 is 5.32 Å². The third kappa shape index (κ3) is 3.89.